The van der Waals surface area contributed by atoms with E-state index in [-0.39, 0.29) is 12.3 Å². The van der Waals surface area contributed by atoms with E-state index in [9.17, 15) is 9.59 Å². The molecule has 0 atom stereocenters. The van der Waals surface area contributed by atoms with Crippen molar-refractivity contribution in [2.45, 2.75) is 20.3 Å². The van der Waals surface area contributed by atoms with Crippen molar-refractivity contribution >= 4 is 17.5 Å². The fraction of sp³-hybridized carbons (Fsp3) is 0.273. The van der Waals surface area contributed by atoms with Crippen LogP contribution in [0.25, 0.3) is 0 Å². The number of carbonyl (C=O) groups is 2. The maximum absolute atomic E-state index is 11.4. The van der Waals surface area contributed by atoms with Gasteiger partial charge in [0.2, 0.25) is 11.8 Å². The van der Waals surface area contributed by atoms with Crippen molar-refractivity contribution in [3.63, 3.8) is 0 Å². The summed E-state index contributed by atoms with van der Waals surface area (Å²) in [7, 11) is 0. The van der Waals surface area contributed by atoms with E-state index in [1.165, 1.54) is 0 Å². The fourth-order valence-electron chi connectivity index (χ4n) is 1.45. The van der Waals surface area contributed by atoms with Gasteiger partial charge >= 0.3 is 0 Å². The summed E-state index contributed by atoms with van der Waals surface area (Å²) in [4.78, 5) is 22.2. The molecule has 0 fully saturated rings. The molecule has 0 saturated carbocycles. The van der Waals surface area contributed by atoms with Crippen LogP contribution in [0, 0.1) is 13.8 Å². The van der Waals surface area contributed by atoms with E-state index < -0.39 is 5.91 Å². The Hall–Kier alpha value is -1.88. The number of hydrogen-bond acceptors (Lipinski definition) is 3. The molecule has 1 aromatic carbocycles. The Kier molecular flexibility index (Phi) is 4.02. The molecule has 0 heterocycles. The quantitative estimate of drug-likeness (QED) is 0.303. The molecular formula is C11H15N3O2. The van der Waals surface area contributed by atoms with Crippen molar-refractivity contribution in [1.82, 2.24) is 5.43 Å². The third kappa shape index (κ3) is 3.70. The zero-order chi connectivity index (χ0) is 12.1. The van der Waals surface area contributed by atoms with Crippen LogP contribution in [0.1, 0.15) is 17.5 Å². The molecule has 0 aliphatic rings. The minimum Gasteiger partial charge on any atom is -0.326 e. The van der Waals surface area contributed by atoms with Gasteiger partial charge in [-0.05, 0) is 37.1 Å². The van der Waals surface area contributed by atoms with Crippen LogP contribution in [-0.2, 0) is 9.59 Å². The van der Waals surface area contributed by atoms with Crippen LogP contribution in [0.15, 0.2) is 18.2 Å². The van der Waals surface area contributed by atoms with Crippen LogP contribution in [-0.4, -0.2) is 11.8 Å². The highest BCUT2D eigenvalue weighted by atomic mass is 16.2. The number of hydrazine groups is 1. The van der Waals surface area contributed by atoms with Crippen molar-refractivity contribution < 1.29 is 9.59 Å². The van der Waals surface area contributed by atoms with Gasteiger partial charge in [0.25, 0.3) is 0 Å². The molecule has 5 heteroatoms. The van der Waals surface area contributed by atoms with Gasteiger partial charge in [-0.25, -0.2) is 5.84 Å². The average molecular weight is 221 g/mol. The summed E-state index contributed by atoms with van der Waals surface area (Å²) in [5.74, 6) is 3.99. The second-order valence-electron chi connectivity index (χ2n) is 3.67. The minimum absolute atomic E-state index is 0.274. The van der Waals surface area contributed by atoms with Crippen molar-refractivity contribution in [1.29, 1.82) is 0 Å². The monoisotopic (exact) mass is 221 g/mol. The summed E-state index contributed by atoms with van der Waals surface area (Å²) in [6.07, 6.45) is -0.274. The molecule has 16 heavy (non-hydrogen) atoms. The van der Waals surface area contributed by atoms with Crippen LogP contribution in [0.5, 0.6) is 0 Å². The SMILES string of the molecule is Cc1cc(C)cc(NC(=O)CC(=O)NN)c1. The van der Waals surface area contributed by atoms with E-state index in [2.05, 4.69) is 5.32 Å². The lowest BCUT2D eigenvalue weighted by atomic mass is 10.1. The van der Waals surface area contributed by atoms with Gasteiger partial charge in [-0.1, -0.05) is 6.07 Å². The molecule has 0 aromatic heterocycles. The summed E-state index contributed by atoms with van der Waals surface area (Å²) >= 11 is 0. The van der Waals surface area contributed by atoms with Crippen molar-refractivity contribution in [2.24, 2.45) is 5.84 Å². The second kappa shape index (κ2) is 5.27. The topological polar surface area (TPSA) is 84.2 Å². The molecule has 1 rings (SSSR count). The highest BCUT2D eigenvalue weighted by molar-refractivity contribution is 6.03. The maximum atomic E-state index is 11.4. The van der Waals surface area contributed by atoms with Crippen LogP contribution >= 0.6 is 0 Å². The molecule has 2 amide bonds. The Morgan fingerprint density at radius 3 is 2.19 bits per heavy atom. The second-order valence-corrected chi connectivity index (χ2v) is 3.67. The Labute approximate surface area is 94.0 Å². The predicted octanol–water partition coefficient (Wildman–Crippen LogP) is 0.622. The van der Waals surface area contributed by atoms with Gasteiger partial charge in [-0.3, -0.25) is 15.0 Å². The Morgan fingerprint density at radius 1 is 1.12 bits per heavy atom. The number of anilines is 1. The van der Waals surface area contributed by atoms with Crippen molar-refractivity contribution in [3.8, 4) is 0 Å². The molecule has 0 radical (unpaired) electrons. The van der Waals surface area contributed by atoms with E-state index in [1.807, 2.05) is 37.5 Å². The van der Waals surface area contributed by atoms with Crippen LogP contribution in [0.4, 0.5) is 5.69 Å². The number of nitrogens with one attached hydrogen (secondary N) is 2. The summed E-state index contributed by atoms with van der Waals surface area (Å²) in [5, 5.41) is 2.63. The molecule has 5 nitrogen and oxygen atoms in total. The highest BCUT2D eigenvalue weighted by Gasteiger charge is 2.08. The van der Waals surface area contributed by atoms with Crippen LogP contribution in [0.2, 0.25) is 0 Å². The molecule has 0 unspecified atom stereocenters. The van der Waals surface area contributed by atoms with Gasteiger partial charge in [0.05, 0.1) is 0 Å². The van der Waals surface area contributed by atoms with E-state index in [0.717, 1.165) is 11.1 Å². The number of rotatable bonds is 3. The van der Waals surface area contributed by atoms with Gasteiger partial charge in [-0.2, -0.15) is 0 Å². The maximum Gasteiger partial charge on any atom is 0.243 e. The van der Waals surface area contributed by atoms with Crippen LogP contribution < -0.4 is 16.6 Å². The normalized spacial score (nSPS) is 9.69. The molecule has 0 saturated heterocycles. The standard InChI is InChI=1S/C11H15N3O2/c1-7-3-8(2)5-9(4-7)13-10(15)6-11(16)14-12/h3-5H,6,12H2,1-2H3,(H,13,15)(H,14,16). The third-order valence-corrected chi connectivity index (χ3v) is 1.99. The van der Waals surface area contributed by atoms with E-state index in [1.54, 1.807) is 0 Å². The molecule has 4 N–H and O–H groups in total. The van der Waals surface area contributed by atoms with Gasteiger partial charge in [0, 0.05) is 5.69 Å². The molecule has 0 spiro atoms. The fourth-order valence-corrected chi connectivity index (χ4v) is 1.45. The molecule has 0 aliphatic carbocycles. The summed E-state index contributed by atoms with van der Waals surface area (Å²) < 4.78 is 0. The number of hydrogen-bond donors (Lipinski definition) is 3. The molecule has 1 aromatic rings. The van der Waals surface area contributed by atoms with E-state index >= 15 is 0 Å². The first-order chi connectivity index (χ1) is 7.51. The first-order valence-corrected chi connectivity index (χ1v) is 4.89. The highest BCUT2D eigenvalue weighted by Crippen LogP contribution is 2.13. The van der Waals surface area contributed by atoms with Crippen LogP contribution in [0.3, 0.4) is 0 Å². The van der Waals surface area contributed by atoms with Gasteiger partial charge in [-0.15, -0.1) is 0 Å². The van der Waals surface area contributed by atoms with E-state index in [4.69, 9.17) is 5.84 Å². The lowest BCUT2D eigenvalue weighted by molar-refractivity contribution is -0.126. The molecular weight excluding hydrogens is 206 g/mol. The third-order valence-electron chi connectivity index (χ3n) is 1.99. The van der Waals surface area contributed by atoms with Gasteiger partial charge in [0.15, 0.2) is 0 Å². The lowest BCUT2D eigenvalue weighted by Gasteiger charge is -2.06. The first-order valence-electron chi connectivity index (χ1n) is 4.89. The Bertz CT molecular complexity index is 395. The van der Waals surface area contributed by atoms with Crippen molar-refractivity contribution in [3.05, 3.63) is 29.3 Å². The Morgan fingerprint density at radius 2 is 1.69 bits per heavy atom. The lowest BCUT2D eigenvalue weighted by Crippen LogP contribution is -2.33. The molecule has 86 valence electrons. The number of nitrogens with two attached hydrogens (primary N) is 1. The minimum atomic E-state index is -0.512. The number of benzene rings is 1. The summed E-state index contributed by atoms with van der Waals surface area (Å²) in [5.41, 5.74) is 4.70. The average Bonchev–Trinajstić information content (AvgIpc) is 2.15. The van der Waals surface area contributed by atoms with Gasteiger partial charge in [0.1, 0.15) is 6.42 Å². The Balaban J connectivity index is 2.66. The number of amides is 2. The number of carbonyl (C=O) groups excluding carboxylic acids is 2. The largest absolute Gasteiger partial charge is 0.326 e. The predicted molar refractivity (Wildman–Crippen MR) is 61.5 cm³/mol. The number of aryl methyl sites for hydroxylation is 2. The molecule has 0 bridgehead atoms. The van der Waals surface area contributed by atoms with Crippen molar-refractivity contribution in [2.75, 3.05) is 5.32 Å². The zero-order valence-electron chi connectivity index (χ0n) is 9.33. The zero-order valence-corrected chi connectivity index (χ0v) is 9.33. The summed E-state index contributed by atoms with van der Waals surface area (Å²) in [6.45, 7) is 3.88. The van der Waals surface area contributed by atoms with E-state index in [0.29, 0.717) is 5.69 Å². The first kappa shape index (κ1) is 12.2. The van der Waals surface area contributed by atoms with Gasteiger partial charge < -0.3 is 5.32 Å². The summed E-state index contributed by atoms with van der Waals surface area (Å²) in [6, 6.07) is 5.68. The smallest absolute Gasteiger partial charge is 0.243 e. The molecule has 0 aliphatic heterocycles.